The van der Waals surface area contributed by atoms with Gasteiger partial charge < -0.3 is 0 Å². The molecular formula is C20H13F2OS+. The number of carbonyl (C=O) groups excluding carboxylic acids is 1. The van der Waals surface area contributed by atoms with E-state index in [9.17, 15) is 13.6 Å². The third-order valence-corrected chi connectivity index (χ3v) is 6.37. The van der Waals surface area contributed by atoms with Gasteiger partial charge in [-0.1, -0.05) is 12.1 Å². The lowest BCUT2D eigenvalue weighted by Gasteiger charge is -1.96. The van der Waals surface area contributed by atoms with Crippen molar-refractivity contribution < 1.29 is 13.6 Å². The molecule has 3 aromatic carbocycles. The van der Waals surface area contributed by atoms with Crippen LogP contribution in [0.25, 0.3) is 25.1 Å². The first-order valence-corrected chi connectivity index (χ1v) is 8.72. The maximum absolute atomic E-state index is 13.7. The second kappa shape index (κ2) is 5.49. The summed E-state index contributed by atoms with van der Waals surface area (Å²) in [5.74, 6) is -1.16. The van der Waals surface area contributed by atoms with Crippen LogP contribution in [0, 0.1) is 11.6 Å². The molecule has 0 N–H and O–H groups in total. The maximum atomic E-state index is 13.7. The summed E-state index contributed by atoms with van der Waals surface area (Å²) in [6.07, 6.45) is 0. The summed E-state index contributed by atoms with van der Waals surface area (Å²) in [4.78, 5) is 12.3. The SMILES string of the molecule is CC(=O)c1ccc2c(c1)c1ccccc1[s+]2-c1cc(F)cc(F)c1. The van der Waals surface area contributed by atoms with Gasteiger partial charge in [-0.2, -0.15) is 0 Å². The number of hydrogen-bond acceptors (Lipinski definition) is 1. The summed E-state index contributed by atoms with van der Waals surface area (Å²) >= 11 is 0. The lowest BCUT2D eigenvalue weighted by atomic mass is 10.1. The molecule has 0 amide bonds. The minimum atomic E-state index is -0.580. The molecule has 0 saturated carbocycles. The first-order valence-electron chi connectivity index (χ1n) is 7.49. The summed E-state index contributed by atoms with van der Waals surface area (Å²) in [5, 5.41) is 1.98. The van der Waals surface area contributed by atoms with Crippen LogP contribution in [0.5, 0.6) is 0 Å². The van der Waals surface area contributed by atoms with E-state index >= 15 is 0 Å². The van der Waals surface area contributed by atoms with Crippen LogP contribution in [-0.2, 0) is 0 Å². The Bertz CT molecular complexity index is 1090. The Morgan fingerprint density at radius 3 is 2.21 bits per heavy atom. The fraction of sp³-hybridized carbons (Fsp3) is 0.0500. The summed E-state index contributed by atoms with van der Waals surface area (Å²) in [5.41, 5.74) is 0.638. The molecule has 0 fully saturated rings. The Morgan fingerprint density at radius 2 is 1.50 bits per heavy atom. The van der Waals surface area contributed by atoms with Crippen molar-refractivity contribution in [2.75, 3.05) is 0 Å². The van der Waals surface area contributed by atoms with Gasteiger partial charge in [0.2, 0.25) is 0 Å². The van der Waals surface area contributed by atoms with Crippen LogP contribution >= 0.6 is 10.5 Å². The molecule has 1 nitrogen and oxygen atoms in total. The number of Topliss-reactive ketones (excluding diaryl/α,β-unsaturated/α-hetero) is 1. The number of hydrogen-bond donors (Lipinski definition) is 0. The van der Waals surface area contributed by atoms with Gasteiger partial charge in [0.05, 0.1) is 0 Å². The predicted octanol–water partition coefficient (Wildman–Crippen LogP) is 6.21. The molecule has 0 aliphatic rings. The smallest absolute Gasteiger partial charge is 0.187 e. The quantitative estimate of drug-likeness (QED) is 0.313. The normalized spacial score (nSPS) is 12.0. The highest BCUT2D eigenvalue weighted by Gasteiger charge is 2.25. The van der Waals surface area contributed by atoms with E-state index in [1.54, 1.807) is 6.07 Å². The zero-order valence-corrected chi connectivity index (χ0v) is 13.7. The van der Waals surface area contributed by atoms with Crippen molar-refractivity contribution >= 4 is 36.4 Å². The van der Waals surface area contributed by atoms with Crippen molar-refractivity contribution in [2.45, 2.75) is 6.92 Å². The Morgan fingerprint density at radius 1 is 0.833 bits per heavy atom. The van der Waals surface area contributed by atoms with Gasteiger partial charge in [-0.05, 0) is 37.3 Å². The van der Waals surface area contributed by atoms with E-state index in [4.69, 9.17) is 0 Å². The minimum absolute atomic E-state index is 0.00105. The van der Waals surface area contributed by atoms with Gasteiger partial charge in [-0.15, -0.1) is 0 Å². The minimum Gasteiger partial charge on any atom is -0.295 e. The highest BCUT2D eigenvalue weighted by molar-refractivity contribution is 7.50. The summed E-state index contributed by atoms with van der Waals surface area (Å²) in [6.45, 7) is 1.53. The van der Waals surface area contributed by atoms with Crippen molar-refractivity contribution in [2.24, 2.45) is 0 Å². The average molecular weight is 339 g/mol. The van der Waals surface area contributed by atoms with Gasteiger partial charge >= 0.3 is 0 Å². The average Bonchev–Trinajstić information content (AvgIpc) is 2.87. The van der Waals surface area contributed by atoms with E-state index < -0.39 is 22.1 Å². The van der Waals surface area contributed by atoms with Crippen molar-refractivity contribution in [1.29, 1.82) is 0 Å². The van der Waals surface area contributed by atoms with E-state index in [2.05, 4.69) is 0 Å². The molecule has 24 heavy (non-hydrogen) atoms. The van der Waals surface area contributed by atoms with Gasteiger partial charge in [-0.25, -0.2) is 8.78 Å². The molecule has 0 aliphatic carbocycles. The molecule has 0 saturated heterocycles. The second-order valence-electron chi connectivity index (χ2n) is 5.67. The Hall–Kier alpha value is -2.59. The molecular weight excluding hydrogens is 326 g/mol. The fourth-order valence-corrected chi connectivity index (χ4v) is 5.43. The van der Waals surface area contributed by atoms with Crippen LogP contribution in [-0.4, -0.2) is 5.78 Å². The van der Waals surface area contributed by atoms with Crippen molar-refractivity contribution in [3.8, 4) is 4.90 Å². The third kappa shape index (κ3) is 2.31. The second-order valence-corrected chi connectivity index (χ2v) is 7.64. The first kappa shape index (κ1) is 15.0. The van der Waals surface area contributed by atoms with E-state index in [0.29, 0.717) is 10.5 Å². The molecule has 1 aromatic heterocycles. The largest absolute Gasteiger partial charge is 0.295 e. The van der Waals surface area contributed by atoms with Crippen LogP contribution in [0.3, 0.4) is 0 Å². The van der Waals surface area contributed by atoms with Gasteiger partial charge in [0.1, 0.15) is 11.6 Å². The molecule has 0 bridgehead atoms. The molecule has 1 atom stereocenters. The predicted molar refractivity (Wildman–Crippen MR) is 95.2 cm³/mol. The molecule has 118 valence electrons. The van der Waals surface area contributed by atoms with E-state index in [1.807, 2.05) is 36.4 Å². The van der Waals surface area contributed by atoms with Gasteiger partial charge in [0, 0.05) is 45.0 Å². The number of thiophene rings is 1. The Labute approximate surface area is 140 Å². The van der Waals surface area contributed by atoms with E-state index in [-0.39, 0.29) is 5.78 Å². The van der Waals surface area contributed by atoms with Crippen molar-refractivity contribution in [1.82, 2.24) is 0 Å². The fourth-order valence-electron chi connectivity index (χ4n) is 3.02. The van der Waals surface area contributed by atoms with Crippen LogP contribution in [0.15, 0.2) is 60.7 Å². The van der Waals surface area contributed by atoms with E-state index in [0.717, 1.165) is 26.2 Å². The lowest BCUT2D eigenvalue weighted by Crippen LogP contribution is -1.90. The number of fused-ring (bicyclic) bond motifs is 3. The van der Waals surface area contributed by atoms with Crippen molar-refractivity contribution in [3.63, 3.8) is 0 Å². The molecule has 0 aliphatic heterocycles. The van der Waals surface area contributed by atoms with Crippen molar-refractivity contribution in [3.05, 3.63) is 77.9 Å². The molecule has 1 heterocycles. The van der Waals surface area contributed by atoms with Gasteiger partial charge in [0.15, 0.2) is 20.1 Å². The van der Waals surface area contributed by atoms with Gasteiger partial charge in [-0.3, -0.25) is 4.79 Å². The summed E-state index contributed by atoms with van der Waals surface area (Å²) in [7, 11) is -0.574. The zero-order valence-electron chi connectivity index (χ0n) is 12.8. The third-order valence-electron chi connectivity index (χ3n) is 4.07. The Balaban J connectivity index is 2.15. The number of ketones is 1. The lowest BCUT2D eigenvalue weighted by molar-refractivity contribution is 0.101. The number of benzene rings is 3. The maximum Gasteiger partial charge on any atom is 0.187 e. The topological polar surface area (TPSA) is 17.1 Å². The zero-order chi connectivity index (χ0) is 16.8. The summed E-state index contributed by atoms with van der Waals surface area (Å²) < 4.78 is 29.5. The van der Waals surface area contributed by atoms with Crippen LogP contribution in [0.4, 0.5) is 8.78 Å². The number of carbonyl (C=O) groups is 1. The Kier molecular flexibility index (Phi) is 3.43. The molecule has 0 radical (unpaired) electrons. The van der Waals surface area contributed by atoms with Crippen LogP contribution in [0.1, 0.15) is 17.3 Å². The number of halogens is 2. The van der Waals surface area contributed by atoms with Crippen LogP contribution in [0.2, 0.25) is 0 Å². The van der Waals surface area contributed by atoms with E-state index in [1.165, 1.54) is 19.1 Å². The standard InChI is InChI=1S/C20H13F2OS/c1-12(23)13-6-7-20-18(8-13)17-4-2-3-5-19(17)24(20)16-10-14(21)9-15(22)11-16/h2-11H,1H3/q+1. The molecule has 4 rings (SSSR count). The van der Waals surface area contributed by atoms with Gasteiger partial charge in [0.25, 0.3) is 0 Å². The molecule has 4 heteroatoms. The first-order chi connectivity index (χ1) is 11.5. The highest BCUT2D eigenvalue weighted by atomic mass is 32.2. The molecule has 4 aromatic rings. The summed E-state index contributed by atoms with van der Waals surface area (Å²) in [6, 6.07) is 17.0. The van der Waals surface area contributed by atoms with Crippen LogP contribution < -0.4 is 0 Å². The molecule has 0 spiro atoms. The monoisotopic (exact) mass is 339 g/mol. The molecule has 1 unspecified atom stereocenters. The highest BCUT2D eigenvalue weighted by Crippen LogP contribution is 2.48. The number of rotatable bonds is 2.